The summed E-state index contributed by atoms with van der Waals surface area (Å²) in [6.45, 7) is 0. The number of methoxy groups -OCH3 is 1. The standard InChI is InChI=1S/C18H14F4N2O3/c1-26-17(25)16-10-15(11-2-4-12(19)5-3-11)23-24(16)13-6-8-14(9-7-13)27-18(20,21)22/h2-9,16H,10H2,1H3. The maximum absolute atomic E-state index is 13.1. The number of anilines is 1. The van der Waals surface area contributed by atoms with Crippen molar-refractivity contribution in [2.45, 2.75) is 18.8 Å². The molecule has 0 saturated carbocycles. The number of ether oxygens (including phenoxy) is 2. The van der Waals surface area contributed by atoms with Crippen LogP contribution in [-0.2, 0) is 9.53 Å². The summed E-state index contributed by atoms with van der Waals surface area (Å²) >= 11 is 0. The van der Waals surface area contributed by atoms with E-state index in [1.54, 1.807) is 0 Å². The van der Waals surface area contributed by atoms with Crippen molar-refractivity contribution in [2.75, 3.05) is 12.1 Å². The molecule has 0 saturated heterocycles. The molecule has 27 heavy (non-hydrogen) atoms. The smallest absolute Gasteiger partial charge is 0.467 e. The average Bonchev–Trinajstić information content (AvgIpc) is 3.06. The second-order valence-electron chi connectivity index (χ2n) is 5.68. The third-order valence-corrected chi connectivity index (χ3v) is 3.90. The SMILES string of the molecule is COC(=O)C1CC(c2ccc(F)cc2)=NN1c1ccc(OC(F)(F)F)cc1. The lowest BCUT2D eigenvalue weighted by Gasteiger charge is -2.21. The second kappa shape index (κ2) is 7.26. The van der Waals surface area contributed by atoms with Gasteiger partial charge in [-0.2, -0.15) is 5.10 Å². The fourth-order valence-electron chi connectivity index (χ4n) is 2.69. The Kier molecular flexibility index (Phi) is 5.02. The lowest BCUT2D eigenvalue weighted by molar-refractivity contribution is -0.274. The van der Waals surface area contributed by atoms with Gasteiger partial charge in [0, 0.05) is 6.42 Å². The van der Waals surface area contributed by atoms with Crippen LogP contribution >= 0.6 is 0 Å². The molecule has 2 aromatic carbocycles. The van der Waals surface area contributed by atoms with Crippen LogP contribution in [0.3, 0.4) is 0 Å². The third kappa shape index (κ3) is 4.36. The lowest BCUT2D eigenvalue weighted by Crippen LogP contribution is -2.35. The Balaban J connectivity index is 1.89. The molecule has 1 aliphatic rings. The molecule has 1 aliphatic heterocycles. The first-order valence-electron chi connectivity index (χ1n) is 7.83. The molecule has 1 unspecified atom stereocenters. The number of benzene rings is 2. The minimum atomic E-state index is -4.79. The van der Waals surface area contributed by atoms with Gasteiger partial charge in [0.05, 0.1) is 18.5 Å². The van der Waals surface area contributed by atoms with Crippen LogP contribution in [0.1, 0.15) is 12.0 Å². The van der Waals surface area contributed by atoms with Gasteiger partial charge in [0.2, 0.25) is 0 Å². The monoisotopic (exact) mass is 382 g/mol. The summed E-state index contributed by atoms with van der Waals surface area (Å²) in [4.78, 5) is 12.1. The van der Waals surface area contributed by atoms with Gasteiger partial charge in [0.25, 0.3) is 0 Å². The molecule has 9 heteroatoms. The maximum Gasteiger partial charge on any atom is 0.573 e. The number of hydrogen-bond acceptors (Lipinski definition) is 5. The number of hydrogen-bond donors (Lipinski definition) is 0. The molecule has 5 nitrogen and oxygen atoms in total. The summed E-state index contributed by atoms with van der Waals surface area (Å²) in [5, 5.41) is 5.74. The predicted octanol–water partition coefficient (Wildman–Crippen LogP) is 3.88. The number of carbonyl (C=O) groups is 1. The van der Waals surface area contributed by atoms with E-state index in [1.807, 2.05) is 0 Å². The van der Waals surface area contributed by atoms with Gasteiger partial charge >= 0.3 is 12.3 Å². The summed E-state index contributed by atoms with van der Waals surface area (Å²) < 4.78 is 58.6. The minimum absolute atomic E-state index is 0.207. The van der Waals surface area contributed by atoms with Crippen molar-refractivity contribution in [3.63, 3.8) is 0 Å². The molecule has 0 fully saturated rings. The van der Waals surface area contributed by atoms with Crippen molar-refractivity contribution in [3.8, 4) is 5.75 Å². The Hall–Kier alpha value is -3.10. The summed E-state index contributed by atoms with van der Waals surface area (Å²) in [5.41, 5.74) is 1.54. The molecule has 0 spiro atoms. The van der Waals surface area contributed by atoms with Gasteiger partial charge < -0.3 is 9.47 Å². The quantitative estimate of drug-likeness (QED) is 0.595. The Labute approximate surface area is 151 Å². The van der Waals surface area contributed by atoms with Crippen molar-refractivity contribution in [1.29, 1.82) is 0 Å². The highest BCUT2D eigenvalue weighted by Gasteiger charge is 2.35. The summed E-state index contributed by atoms with van der Waals surface area (Å²) in [6, 6.07) is 9.80. The Morgan fingerprint density at radius 3 is 2.30 bits per heavy atom. The highest BCUT2D eigenvalue weighted by atomic mass is 19.4. The Bertz CT molecular complexity index is 848. The van der Waals surface area contributed by atoms with Gasteiger partial charge in [0.1, 0.15) is 11.6 Å². The topological polar surface area (TPSA) is 51.1 Å². The second-order valence-corrected chi connectivity index (χ2v) is 5.68. The number of esters is 1. The number of halogens is 4. The molecule has 0 aliphatic carbocycles. The first kappa shape index (κ1) is 18.7. The number of carbonyl (C=O) groups excluding carboxylic acids is 1. The normalized spacial score (nSPS) is 16.9. The first-order chi connectivity index (χ1) is 12.8. The highest BCUT2D eigenvalue weighted by Crippen LogP contribution is 2.30. The fourth-order valence-corrected chi connectivity index (χ4v) is 2.69. The van der Waals surface area contributed by atoms with Crippen molar-refractivity contribution >= 4 is 17.4 Å². The molecule has 0 N–H and O–H groups in total. The van der Waals surface area contributed by atoms with Crippen LogP contribution in [0.15, 0.2) is 53.6 Å². The van der Waals surface area contributed by atoms with E-state index < -0.39 is 24.2 Å². The van der Waals surface area contributed by atoms with Crippen molar-refractivity contribution in [2.24, 2.45) is 5.10 Å². The van der Waals surface area contributed by atoms with Gasteiger partial charge in [-0.15, -0.1) is 13.2 Å². The zero-order valence-electron chi connectivity index (χ0n) is 14.0. The Morgan fingerprint density at radius 2 is 1.74 bits per heavy atom. The van der Waals surface area contributed by atoms with Crippen LogP contribution in [-0.4, -0.2) is 31.2 Å². The minimum Gasteiger partial charge on any atom is -0.467 e. The molecular formula is C18H14F4N2O3. The maximum atomic E-state index is 13.1. The zero-order chi connectivity index (χ0) is 19.6. The summed E-state index contributed by atoms with van der Waals surface area (Å²) in [6.07, 6.45) is -4.59. The van der Waals surface area contributed by atoms with E-state index in [-0.39, 0.29) is 12.2 Å². The highest BCUT2D eigenvalue weighted by molar-refractivity contribution is 6.06. The number of rotatable bonds is 4. The van der Waals surface area contributed by atoms with Gasteiger partial charge in [-0.05, 0) is 42.0 Å². The van der Waals surface area contributed by atoms with Crippen molar-refractivity contribution < 1.29 is 31.8 Å². The number of hydrazone groups is 1. The van der Waals surface area contributed by atoms with Crippen LogP contribution in [0.2, 0.25) is 0 Å². The van der Waals surface area contributed by atoms with E-state index in [9.17, 15) is 22.4 Å². The van der Waals surface area contributed by atoms with E-state index in [1.165, 1.54) is 48.5 Å². The summed E-state index contributed by atoms with van der Waals surface area (Å²) in [5.74, 6) is -1.34. The van der Waals surface area contributed by atoms with Crippen LogP contribution in [0.25, 0.3) is 0 Å². The van der Waals surface area contributed by atoms with Gasteiger partial charge in [-0.1, -0.05) is 12.1 Å². The molecule has 3 rings (SSSR count). The van der Waals surface area contributed by atoms with Crippen LogP contribution < -0.4 is 9.75 Å². The van der Waals surface area contributed by atoms with E-state index in [2.05, 4.69) is 9.84 Å². The van der Waals surface area contributed by atoms with Gasteiger partial charge in [-0.25, -0.2) is 9.18 Å². The largest absolute Gasteiger partial charge is 0.573 e. The van der Waals surface area contributed by atoms with Gasteiger partial charge in [0.15, 0.2) is 6.04 Å². The van der Waals surface area contributed by atoms with Crippen LogP contribution in [0.5, 0.6) is 5.75 Å². The molecule has 1 heterocycles. The molecule has 142 valence electrons. The van der Waals surface area contributed by atoms with E-state index in [0.717, 1.165) is 12.1 Å². The predicted molar refractivity (Wildman–Crippen MR) is 89.0 cm³/mol. The van der Waals surface area contributed by atoms with E-state index in [4.69, 9.17) is 4.74 Å². The molecule has 2 aromatic rings. The van der Waals surface area contributed by atoms with Crippen molar-refractivity contribution in [3.05, 3.63) is 59.9 Å². The van der Waals surface area contributed by atoms with Crippen LogP contribution in [0.4, 0.5) is 23.2 Å². The number of nitrogens with zero attached hydrogens (tertiary/aromatic N) is 2. The lowest BCUT2D eigenvalue weighted by atomic mass is 10.0. The number of alkyl halides is 3. The molecule has 0 amide bonds. The third-order valence-electron chi connectivity index (χ3n) is 3.90. The van der Waals surface area contributed by atoms with Crippen LogP contribution in [0, 0.1) is 5.82 Å². The molecule has 0 aromatic heterocycles. The fraction of sp³-hybridized carbons (Fsp3) is 0.222. The summed E-state index contributed by atoms with van der Waals surface area (Å²) in [7, 11) is 1.23. The first-order valence-corrected chi connectivity index (χ1v) is 7.83. The van der Waals surface area contributed by atoms with E-state index in [0.29, 0.717) is 17.0 Å². The molecule has 1 atom stereocenters. The van der Waals surface area contributed by atoms with Gasteiger partial charge in [-0.3, -0.25) is 5.01 Å². The molecule has 0 bridgehead atoms. The average molecular weight is 382 g/mol. The van der Waals surface area contributed by atoms with E-state index >= 15 is 0 Å². The Morgan fingerprint density at radius 1 is 1.11 bits per heavy atom. The zero-order valence-corrected chi connectivity index (χ0v) is 14.0. The molecular weight excluding hydrogens is 368 g/mol. The molecule has 0 radical (unpaired) electrons. The van der Waals surface area contributed by atoms with Crippen molar-refractivity contribution in [1.82, 2.24) is 0 Å².